The summed E-state index contributed by atoms with van der Waals surface area (Å²) in [6.45, 7) is 0.386. The predicted molar refractivity (Wildman–Crippen MR) is 110 cm³/mol. The number of carbonyl (C=O) groups is 2. The third kappa shape index (κ3) is 3.79. The van der Waals surface area contributed by atoms with Gasteiger partial charge in [0.2, 0.25) is 5.78 Å². The molecule has 0 amide bonds. The molecule has 0 spiro atoms. The maximum absolute atomic E-state index is 14.8. The van der Waals surface area contributed by atoms with E-state index in [9.17, 15) is 27.2 Å². The van der Waals surface area contributed by atoms with E-state index in [0.29, 0.717) is 30.6 Å². The first-order valence-electron chi connectivity index (χ1n) is 9.75. The summed E-state index contributed by atoms with van der Waals surface area (Å²) in [4.78, 5) is 24.4. The molecule has 4 rings (SSSR count). The molecule has 32 heavy (non-hydrogen) atoms. The van der Waals surface area contributed by atoms with Gasteiger partial charge in [0.1, 0.15) is 5.82 Å². The number of nitrogens with zero attached hydrogens (tertiary/aromatic N) is 1. The second-order valence-corrected chi connectivity index (χ2v) is 7.89. The van der Waals surface area contributed by atoms with E-state index in [1.165, 1.54) is 24.3 Å². The van der Waals surface area contributed by atoms with Crippen LogP contribution in [0.15, 0.2) is 42.5 Å². The summed E-state index contributed by atoms with van der Waals surface area (Å²) in [5.74, 6) is -2.99. The Bertz CT molecular complexity index is 1250. The second-order valence-electron chi connectivity index (χ2n) is 7.49. The zero-order valence-corrected chi connectivity index (χ0v) is 17.2. The number of hydrogen-bond donors (Lipinski definition) is 1. The number of ketones is 1. The Kier molecular flexibility index (Phi) is 5.58. The Balaban J connectivity index is 1.90. The van der Waals surface area contributed by atoms with Crippen molar-refractivity contribution in [1.29, 1.82) is 0 Å². The van der Waals surface area contributed by atoms with Crippen LogP contribution >= 0.6 is 11.6 Å². The number of carboxylic acids is 1. The normalized spacial score (nSPS) is 13.7. The van der Waals surface area contributed by atoms with Crippen LogP contribution in [-0.4, -0.2) is 21.4 Å². The van der Waals surface area contributed by atoms with Gasteiger partial charge < -0.3 is 9.67 Å². The first kappa shape index (κ1) is 22.1. The topological polar surface area (TPSA) is 59.3 Å². The van der Waals surface area contributed by atoms with Crippen molar-refractivity contribution in [3.05, 3.63) is 81.4 Å². The number of alkyl halides is 3. The average Bonchev–Trinajstić information content (AvgIpc) is 3.12. The highest BCUT2D eigenvalue weighted by Crippen LogP contribution is 2.39. The fourth-order valence-corrected chi connectivity index (χ4v) is 4.34. The van der Waals surface area contributed by atoms with Gasteiger partial charge in [-0.15, -0.1) is 0 Å². The van der Waals surface area contributed by atoms with Gasteiger partial charge in [-0.3, -0.25) is 4.79 Å². The molecular formula is C23H16ClF4NO3. The SMILES string of the molecule is O=C(O)c1ccc(-c2cc(C(=O)c3c(Cl)cccc3C(F)(F)F)n3c2CCCC3)c(F)c1. The molecule has 1 aliphatic heterocycles. The van der Waals surface area contributed by atoms with Crippen LogP contribution in [0.3, 0.4) is 0 Å². The molecule has 9 heteroatoms. The lowest BCUT2D eigenvalue weighted by atomic mass is 9.98. The molecule has 0 aliphatic carbocycles. The van der Waals surface area contributed by atoms with Crippen molar-refractivity contribution in [2.45, 2.75) is 32.0 Å². The van der Waals surface area contributed by atoms with Crippen molar-refractivity contribution in [2.75, 3.05) is 0 Å². The number of aromatic carboxylic acids is 1. The van der Waals surface area contributed by atoms with Crippen LogP contribution in [0.5, 0.6) is 0 Å². The van der Waals surface area contributed by atoms with E-state index in [2.05, 4.69) is 0 Å². The Labute approximate surface area is 185 Å². The van der Waals surface area contributed by atoms with Gasteiger partial charge in [0.15, 0.2) is 0 Å². The van der Waals surface area contributed by atoms with Crippen LogP contribution in [-0.2, 0) is 19.1 Å². The third-order valence-electron chi connectivity index (χ3n) is 5.54. The van der Waals surface area contributed by atoms with E-state index in [0.717, 1.165) is 24.6 Å². The van der Waals surface area contributed by atoms with Gasteiger partial charge in [-0.2, -0.15) is 13.2 Å². The van der Waals surface area contributed by atoms with Crippen LogP contribution in [0.25, 0.3) is 11.1 Å². The maximum Gasteiger partial charge on any atom is 0.417 e. The summed E-state index contributed by atoms with van der Waals surface area (Å²) in [7, 11) is 0. The van der Waals surface area contributed by atoms with E-state index >= 15 is 0 Å². The molecule has 4 nitrogen and oxygen atoms in total. The number of hydrogen-bond acceptors (Lipinski definition) is 2. The molecule has 0 saturated heterocycles. The highest BCUT2D eigenvalue weighted by atomic mass is 35.5. The van der Waals surface area contributed by atoms with Gasteiger partial charge in [-0.05, 0) is 49.6 Å². The number of benzene rings is 2. The van der Waals surface area contributed by atoms with E-state index in [4.69, 9.17) is 16.7 Å². The Morgan fingerprint density at radius 2 is 1.78 bits per heavy atom. The zero-order chi connectivity index (χ0) is 23.2. The van der Waals surface area contributed by atoms with Gasteiger partial charge in [-0.1, -0.05) is 23.7 Å². The van der Waals surface area contributed by atoms with Crippen molar-refractivity contribution in [3.8, 4) is 11.1 Å². The number of rotatable bonds is 4. The fraction of sp³-hybridized carbons (Fsp3) is 0.217. The van der Waals surface area contributed by atoms with E-state index in [-0.39, 0.29) is 21.8 Å². The number of halogens is 5. The molecule has 0 bridgehead atoms. The van der Waals surface area contributed by atoms with Gasteiger partial charge in [-0.25, -0.2) is 9.18 Å². The second kappa shape index (κ2) is 8.09. The maximum atomic E-state index is 14.8. The molecule has 166 valence electrons. The smallest absolute Gasteiger partial charge is 0.417 e. The van der Waals surface area contributed by atoms with Crippen molar-refractivity contribution in [1.82, 2.24) is 4.57 Å². The summed E-state index contributed by atoms with van der Waals surface area (Å²) < 4.78 is 57.0. The first-order chi connectivity index (χ1) is 15.1. The minimum atomic E-state index is -4.78. The third-order valence-corrected chi connectivity index (χ3v) is 5.85. The fourth-order valence-electron chi connectivity index (χ4n) is 4.08. The molecule has 3 aromatic rings. The number of carboxylic acid groups (broad SMARTS) is 1. The highest BCUT2D eigenvalue weighted by molar-refractivity contribution is 6.35. The van der Waals surface area contributed by atoms with Crippen molar-refractivity contribution >= 4 is 23.4 Å². The molecule has 0 atom stereocenters. The molecule has 2 heterocycles. The quantitative estimate of drug-likeness (QED) is 0.367. The molecular weight excluding hydrogens is 450 g/mol. The molecule has 1 aliphatic rings. The minimum absolute atomic E-state index is 0.0185. The van der Waals surface area contributed by atoms with Crippen molar-refractivity contribution in [2.24, 2.45) is 0 Å². The van der Waals surface area contributed by atoms with E-state index in [1.54, 1.807) is 4.57 Å². The van der Waals surface area contributed by atoms with Crippen LogP contribution in [0.2, 0.25) is 5.02 Å². The largest absolute Gasteiger partial charge is 0.478 e. The molecule has 0 radical (unpaired) electrons. The first-order valence-corrected chi connectivity index (χ1v) is 10.1. The molecule has 0 saturated carbocycles. The molecule has 2 aromatic carbocycles. The summed E-state index contributed by atoms with van der Waals surface area (Å²) in [5.41, 5.74) is -1.00. The summed E-state index contributed by atoms with van der Waals surface area (Å²) >= 11 is 6.01. The van der Waals surface area contributed by atoms with Gasteiger partial charge in [0.25, 0.3) is 0 Å². The van der Waals surface area contributed by atoms with E-state index < -0.39 is 34.9 Å². The summed E-state index contributed by atoms with van der Waals surface area (Å²) in [6.07, 6.45) is -2.82. The average molecular weight is 466 g/mol. The van der Waals surface area contributed by atoms with Crippen LogP contribution in [0, 0.1) is 5.82 Å². The monoisotopic (exact) mass is 465 g/mol. The van der Waals surface area contributed by atoms with Gasteiger partial charge in [0, 0.05) is 23.4 Å². The van der Waals surface area contributed by atoms with Crippen molar-refractivity contribution in [3.63, 3.8) is 0 Å². The molecule has 0 fully saturated rings. The predicted octanol–water partition coefficient (Wildman–Crippen LogP) is 6.23. The molecule has 0 unspecified atom stereocenters. The molecule has 1 aromatic heterocycles. The lowest BCUT2D eigenvalue weighted by Crippen LogP contribution is -2.19. The lowest BCUT2D eigenvalue weighted by molar-refractivity contribution is -0.137. The van der Waals surface area contributed by atoms with E-state index in [1.807, 2.05) is 0 Å². The standard InChI is InChI=1S/C23H16ClF4NO3/c24-16-5-3-4-15(23(26,27)28)20(16)21(30)19-11-14(18-6-1-2-9-29(18)19)13-8-7-12(22(31)32)10-17(13)25/h3-5,7-8,10-11H,1-2,6,9H2,(H,31,32). The number of aromatic nitrogens is 1. The highest BCUT2D eigenvalue weighted by Gasteiger charge is 2.37. The minimum Gasteiger partial charge on any atom is -0.478 e. The number of carbonyl (C=O) groups excluding carboxylic acids is 1. The van der Waals surface area contributed by atoms with Gasteiger partial charge in [0.05, 0.1) is 27.4 Å². The Morgan fingerprint density at radius 3 is 2.44 bits per heavy atom. The van der Waals surface area contributed by atoms with Gasteiger partial charge >= 0.3 is 12.1 Å². The zero-order valence-electron chi connectivity index (χ0n) is 16.5. The molecule has 1 N–H and O–H groups in total. The van der Waals surface area contributed by atoms with Crippen LogP contribution in [0.1, 0.15) is 50.5 Å². The summed E-state index contributed by atoms with van der Waals surface area (Å²) in [5, 5.41) is 8.74. The van der Waals surface area contributed by atoms with Crippen LogP contribution in [0.4, 0.5) is 17.6 Å². The lowest BCUT2D eigenvalue weighted by Gasteiger charge is -2.20. The Morgan fingerprint density at radius 1 is 1.03 bits per heavy atom. The Hall–Kier alpha value is -3.13. The van der Waals surface area contributed by atoms with Crippen molar-refractivity contribution < 1.29 is 32.3 Å². The van der Waals surface area contributed by atoms with Crippen LogP contribution < -0.4 is 0 Å². The number of fused-ring (bicyclic) bond motifs is 1. The summed E-state index contributed by atoms with van der Waals surface area (Å²) in [6, 6.07) is 7.92.